The summed E-state index contributed by atoms with van der Waals surface area (Å²) in [5, 5.41) is 0.250. The molecule has 1 rings (SSSR count). The summed E-state index contributed by atoms with van der Waals surface area (Å²) in [6.07, 6.45) is -2.78. The zero-order valence-corrected chi connectivity index (χ0v) is 12.4. The van der Waals surface area contributed by atoms with Gasteiger partial charge in [-0.15, -0.1) is 0 Å². The molecule has 0 aliphatic heterocycles. The van der Waals surface area contributed by atoms with Gasteiger partial charge in [-0.1, -0.05) is 24.9 Å². The smallest absolute Gasteiger partial charge is 0.364 e. The zero-order chi connectivity index (χ0) is 13.8. The maximum Gasteiger partial charge on any atom is 0.411 e. The number of alkyl halides is 3. The Bertz CT molecular complexity index is 415. The van der Waals surface area contributed by atoms with Crippen LogP contribution in [0.15, 0.2) is 0 Å². The molecule has 0 aliphatic carbocycles. The summed E-state index contributed by atoms with van der Waals surface area (Å²) >= 11 is 7.90. The van der Waals surface area contributed by atoms with Crippen LogP contribution in [0, 0.1) is 3.57 Å². The van der Waals surface area contributed by atoms with Gasteiger partial charge in [0.1, 0.15) is 18.4 Å². The molecule has 0 bridgehead atoms. The molecule has 0 spiro atoms. The van der Waals surface area contributed by atoms with E-state index in [1.165, 1.54) is 0 Å². The molecule has 1 heterocycles. The molecular formula is C10H11ClF3IN2O. The van der Waals surface area contributed by atoms with Crippen molar-refractivity contribution in [1.29, 1.82) is 0 Å². The number of rotatable bonds is 5. The second-order valence-electron chi connectivity index (χ2n) is 3.55. The molecule has 0 radical (unpaired) electrons. The number of hydrogen-bond acceptors (Lipinski definition) is 3. The average molecular weight is 395 g/mol. The largest absolute Gasteiger partial charge is 0.411 e. The maximum atomic E-state index is 11.9. The van der Waals surface area contributed by atoms with Crippen molar-refractivity contribution in [2.75, 3.05) is 6.61 Å². The highest BCUT2D eigenvalue weighted by Gasteiger charge is 2.27. The number of aryl methyl sites for hydroxylation is 1. The molecule has 0 N–H and O–H groups in total. The van der Waals surface area contributed by atoms with Crippen molar-refractivity contribution >= 4 is 34.2 Å². The minimum atomic E-state index is -4.35. The van der Waals surface area contributed by atoms with E-state index in [0.717, 1.165) is 15.7 Å². The summed E-state index contributed by atoms with van der Waals surface area (Å²) in [7, 11) is 0. The highest BCUT2D eigenvalue weighted by atomic mass is 127. The number of hydrogen-bond donors (Lipinski definition) is 0. The van der Waals surface area contributed by atoms with Crippen LogP contribution in [0.2, 0.25) is 5.15 Å². The van der Waals surface area contributed by atoms with Gasteiger partial charge in [-0.05, 0) is 29.0 Å². The Morgan fingerprint density at radius 2 is 2.00 bits per heavy atom. The molecule has 0 saturated heterocycles. The van der Waals surface area contributed by atoms with Gasteiger partial charge in [0.05, 0.1) is 9.26 Å². The lowest BCUT2D eigenvalue weighted by Gasteiger charge is -2.09. The minimum Gasteiger partial charge on any atom is -0.364 e. The quantitative estimate of drug-likeness (QED) is 0.563. The fraction of sp³-hybridized carbons (Fsp3) is 0.600. The van der Waals surface area contributed by atoms with Crippen LogP contribution in [-0.2, 0) is 17.8 Å². The van der Waals surface area contributed by atoms with Gasteiger partial charge in [-0.25, -0.2) is 9.97 Å². The fourth-order valence-corrected chi connectivity index (χ4v) is 1.95. The topological polar surface area (TPSA) is 35.0 Å². The van der Waals surface area contributed by atoms with Crippen molar-refractivity contribution in [1.82, 2.24) is 9.97 Å². The SMILES string of the molecule is CCCc1nc(COCC(F)(F)F)nc(Cl)c1I. The first-order valence-corrected chi connectivity index (χ1v) is 6.64. The predicted octanol–water partition coefficient (Wildman–Crippen LogP) is 3.77. The van der Waals surface area contributed by atoms with E-state index in [-0.39, 0.29) is 17.6 Å². The van der Waals surface area contributed by atoms with Gasteiger partial charge in [0.25, 0.3) is 0 Å². The first-order valence-electron chi connectivity index (χ1n) is 5.18. The Hall–Kier alpha value is -0.150. The van der Waals surface area contributed by atoms with Gasteiger partial charge in [0.2, 0.25) is 0 Å². The zero-order valence-electron chi connectivity index (χ0n) is 9.52. The summed E-state index contributed by atoms with van der Waals surface area (Å²) in [5.41, 5.74) is 0.740. The molecule has 0 amide bonds. The molecule has 0 unspecified atom stereocenters. The van der Waals surface area contributed by atoms with Crippen molar-refractivity contribution in [2.45, 2.75) is 32.5 Å². The Morgan fingerprint density at radius 3 is 2.56 bits per heavy atom. The third-order valence-corrected chi connectivity index (χ3v) is 3.64. The van der Waals surface area contributed by atoms with E-state index < -0.39 is 12.8 Å². The van der Waals surface area contributed by atoms with E-state index in [9.17, 15) is 13.2 Å². The molecule has 0 atom stereocenters. The van der Waals surface area contributed by atoms with Crippen LogP contribution in [0.4, 0.5) is 13.2 Å². The molecule has 0 saturated carbocycles. The van der Waals surface area contributed by atoms with E-state index in [1.54, 1.807) is 0 Å². The molecule has 0 aliphatic rings. The van der Waals surface area contributed by atoms with E-state index >= 15 is 0 Å². The molecule has 1 aromatic rings. The van der Waals surface area contributed by atoms with Crippen molar-refractivity contribution < 1.29 is 17.9 Å². The molecule has 18 heavy (non-hydrogen) atoms. The van der Waals surface area contributed by atoms with E-state index in [4.69, 9.17) is 11.6 Å². The van der Waals surface area contributed by atoms with Gasteiger partial charge in [-0.2, -0.15) is 13.2 Å². The van der Waals surface area contributed by atoms with Crippen LogP contribution >= 0.6 is 34.2 Å². The van der Waals surface area contributed by atoms with E-state index in [0.29, 0.717) is 6.42 Å². The van der Waals surface area contributed by atoms with Crippen molar-refractivity contribution in [3.05, 3.63) is 20.2 Å². The molecule has 1 aromatic heterocycles. The van der Waals surface area contributed by atoms with Crippen LogP contribution in [0.5, 0.6) is 0 Å². The lowest BCUT2D eigenvalue weighted by molar-refractivity contribution is -0.177. The van der Waals surface area contributed by atoms with Gasteiger partial charge < -0.3 is 4.74 Å². The Kier molecular flexibility index (Phi) is 6.06. The highest BCUT2D eigenvalue weighted by molar-refractivity contribution is 14.1. The molecule has 3 nitrogen and oxygen atoms in total. The van der Waals surface area contributed by atoms with Crippen LogP contribution < -0.4 is 0 Å². The van der Waals surface area contributed by atoms with Gasteiger partial charge >= 0.3 is 6.18 Å². The number of aromatic nitrogens is 2. The number of nitrogens with zero attached hydrogens (tertiary/aromatic N) is 2. The minimum absolute atomic E-state index is 0.174. The van der Waals surface area contributed by atoms with Crippen LogP contribution in [-0.4, -0.2) is 22.8 Å². The Balaban J connectivity index is 2.72. The number of ether oxygens (including phenoxy) is 1. The molecular weight excluding hydrogens is 383 g/mol. The Labute approximate surface area is 121 Å². The summed E-state index contributed by atoms with van der Waals surface area (Å²) in [4.78, 5) is 8.04. The van der Waals surface area contributed by atoms with Crippen LogP contribution in [0.25, 0.3) is 0 Å². The maximum absolute atomic E-state index is 11.9. The lowest BCUT2D eigenvalue weighted by atomic mass is 10.2. The first kappa shape index (κ1) is 15.9. The van der Waals surface area contributed by atoms with E-state index in [2.05, 4.69) is 14.7 Å². The van der Waals surface area contributed by atoms with Gasteiger partial charge in [0, 0.05) is 0 Å². The molecule has 0 fully saturated rings. The van der Waals surface area contributed by atoms with Crippen LogP contribution in [0.3, 0.4) is 0 Å². The van der Waals surface area contributed by atoms with Gasteiger partial charge in [-0.3, -0.25) is 0 Å². The van der Waals surface area contributed by atoms with Gasteiger partial charge in [0.15, 0.2) is 5.82 Å². The second kappa shape index (κ2) is 6.85. The normalized spacial score (nSPS) is 11.9. The summed E-state index contributed by atoms with van der Waals surface area (Å²) in [5.74, 6) is 0.174. The first-order chi connectivity index (χ1) is 8.33. The third kappa shape index (κ3) is 5.23. The van der Waals surface area contributed by atoms with Crippen molar-refractivity contribution in [2.24, 2.45) is 0 Å². The molecule has 0 aromatic carbocycles. The van der Waals surface area contributed by atoms with Crippen molar-refractivity contribution in [3.63, 3.8) is 0 Å². The third-order valence-electron chi connectivity index (χ3n) is 1.91. The summed E-state index contributed by atoms with van der Waals surface area (Å²) in [6, 6.07) is 0. The fourth-order valence-electron chi connectivity index (χ4n) is 1.24. The number of halogens is 5. The standard InChI is InChI=1S/C10H11ClF3IN2O/c1-2-3-6-8(15)9(11)17-7(16-6)4-18-5-10(12,13)14/h2-5H2,1H3. The monoisotopic (exact) mass is 394 g/mol. The molecule has 102 valence electrons. The lowest BCUT2D eigenvalue weighted by Crippen LogP contribution is -2.17. The highest BCUT2D eigenvalue weighted by Crippen LogP contribution is 2.21. The summed E-state index contributed by atoms with van der Waals surface area (Å²) < 4.78 is 41.0. The average Bonchev–Trinajstić information content (AvgIpc) is 2.23. The molecule has 8 heteroatoms. The second-order valence-corrected chi connectivity index (χ2v) is 4.99. The predicted molar refractivity (Wildman–Crippen MR) is 69.5 cm³/mol. The van der Waals surface area contributed by atoms with Crippen molar-refractivity contribution in [3.8, 4) is 0 Å². The van der Waals surface area contributed by atoms with Crippen LogP contribution in [0.1, 0.15) is 24.9 Å². The Morgan fingerprint density at radius 1 is 1.33 bits per heavy atom. The van der Waals surface area contributed by atoms with E-state index in [1.807, 2.05) is 29.5 Å². The summed E-state index contributed by atoms with van der Waals surface area (Å²) in [6.45, 7) is 0.363.